The quantitative estimate of drug-likeness (QED) is 0.737. The zero-order valence-corrected chi connectivity index (χ0v) is 13.9. The van der Waals surface area contributed by atoms with Crippen molar-refractivity contribution >= 4 is 15.7 Å². The molecule has 0 unspecified atom stereocenters. The molecule has 0 spiro atoms. The van der Waals surface area contributed by atoms with Crippen molar-refractivity contribution in [2.75, 3.05) is 10.8 Å². The highest BCUT2D eigenvalue weighted by Crippen LogP contribution is 2.31. The van der Waals surface area contributed by atoms with Crippen LogP contribution in [-0.2, 0) is 16.4 Å². The zero-order valence-electron chi connectivity index (χ0n) is 13.0. The number of anilines is 1. The predicted octanol–water partition coefficient (Wildman–Crippen LogP) is 3.01. The molecule has 0 saturated heterocycles. The van der Waals surface area contributed by atoms with E-state index in [1.807, 2.05) is 54.6 Å². The number of fused-ring (bicyclic) bond motifs is 1. The van der Waals surface area contributed by atoms with E-state index >= 15 is 0 Å². The lowest BCUT2D eigenvalue weighted by molar-refractivity contribution is 0.586. The molecule has 1 aliphatic heterocycles. The van der Waals surface area contributed by atoms with Crippen molar-refractivity contribution in [1.82, 2.24) is 9.78 Å². The van der Waals surface area contributed by atoms with E-state index in [9.17, 15) is 8.42 Å². The van der Waals surface area contributed by atoms with E-state index in [1.54, 1.807) is 10.9 Å². The van der Waals surface area contributed by atoms with Gasteiger partial charge >= 0.3 is 0 Å². The average molecular weight is 339 g/mol. The Hall–Kier alpha value is -2.60. The second-order valence-electron chi connectivity index (χ2n) is 5.77. The number of para-hydroxylation sites is 2. The fourth-order valence-corrected chi connectivity index (χ4v) is 4.51. The van der Waals surface area contributed by atoms with Crippen LogP contribution >= 0.6 is 0 Å². The number of hydrogen-bond donors (Lipinski definition) is 0. The Morgan fingerprint density at radius 3 is 2.54 bits per heavy atom. The lowest BCUT2D eigenvalue weighted by atomic mass is 10.0. The van der Waals surface area contributed by atoms with Crippen molar-refractivity contribution in [2.24, 2.45) is 0 Å². The minimum Gasteiger partial charge on any atom is -0.266 e. The van der Waals surface area contributed by atoms with Gasteiger partial charge < -0.3 is 0 Å². The highest BCUT2D eigenvalue weighted by atomic mass is 32.2. The second kappa shape index (κ2) is 5.79. The van der Waals surface area contributed by atoms with Gasteiger partial charge in [0.1, 0.15) is 4.90 Å². The van der Waals surface area contributed by atoms with Gasteiger partial charge in [-0.15, -0.1) is 0 Å². The maximum Gasteiger partial charge on any atom is 0.267 e. The molecule has 0 fully saturated rings. The lowest BCUT2D eigenvalue weighted by Gasteiger charge is -2.29. The minimum absolute atomic E-state index is 0.211. The molecule has 0 aliphatic carbocycles. The number of aryl methyl sites for hydroxylation is 1. The smallest absolute Gasteiger partial charge is 0.266 e. The van der Waals surface area contributed by atoms with Gasteiger partial charge in [-0.3, -0.25) is 4.31 Å². The molecule has 3 aromatic rings. The van der Waals surface area contributed by atoms with Crippen LogP contribution in [0.15, 0.2) is 71.9 Å². The van der Waals surface area contributed by atoms with Gasteiger partial charge in [0, 0.05) is 6.54 Å². The first-order chi connectivity index (χ1) is 11.7. The molecule has 4 rings (SSSR count). The van der Waals surface area contributed by atoms with Crippen molar-refractivity contribution in [3.63, 3.8) is 0 Å². The third-order valence-corrected chi connectivity index (χ3v) is 6.00. The van der Waals surface area contributed by atoms with Crippen LogP contribution < -0.4 is 4.31 Å². The average Bonchev–Trinajstić information content (AvgIpc) is 3.13. The maximum absolute atomic E-state index is 13.1. The first-order valence-corrected chi connectivity index (χ1v) is 9.31. The van der Waals surface area contributed by atoms with Crippen LogP contribution in [0.1, 0.15) is 12.0 Å². The van der Waals surface area contributed by atoms with Gasteiger partial charge in [-0.05, 0) is 36.6 Å². The molecule has 0 amide bonds. The summed E-state index contributed by atoms with van der Waals surface area (Å²) in [5, 5.41) is 4.21. The fourth-order valence-electron chi connectivity index (χ4n) is 3.04. The molecule has 2 heterocycles. The van der Waals surface area contributed by atoms with Crippen molar-refractivity contribution in [1.29, 1.82) is 0 Å². The van der Waals surface area contributed by atoms with E-state index in [1.165, 1.54) is 10.5 Å². The normalized spacial score (nSPS) is 14.4. The molecule has 5 nitrogen and oxygen atoms in total. The third kappa shape index (κ3) is 2.49. The van der Waals surface area contributed by atoms with Crippen molar-refractivity contribution < 1.29 is 8.42 Å². The van der Waals surface area contributed by atoms with Crippen LogP contribution in [0.3, 0.4) is 0 Å². The van der Waals surface area contributed by atoms with Crippen molar-refractivity contribution in [3.8, 4) is 5.69 Å². The van der Waals surface area contributed by atoms with Crippen LogP contribution in [0.2, 0.25) is 0 Å². The summed E-state index contributed by atoms with van der Waals surface area (Å²) in [6, 6.07) is 17.2. The Morgan fingerprint density at radius 2 is 1.71 bits per heavy atom. The van der Waals surface area contributed by atoms with Crippen LogP contribution in [-0.4, -0.2) is 24.7 Å². The van der Waals surface area contributed by atoms with Crippen molar-refractivity contribution in [3.05, 3.63) is 72.6 Å². The highest BCUT2D eigenvalue weighted by Gasteiger charge is 2.30. The van der Waals surface area contributed by atoms with Gasteiger partial charge in [0.15, 0.2) is 0 Å². The Balaban J connectivity index is 1.73. The molecule has 1 aliphatic rings. The van der Waals surface area contributed by atoms with E-state index in [0.717, 1.165) is 29.8 Å². The highest BCUT2D eigenvalue weighted by molar-refractivity contribution is 7.92. The third-order valence-electron chi connectivity index (χ3n) is 4.24. The molecular weight excluding hydrogens is 322 g/mol. The number of sulfonamides is 1. The van der Waals surface area contributed by atoms with E-state index < -0.39 is 10.0 Å². The van der Waals surface area contributed by atoms with Crippen LogP contribution in [0.5, 0.6) is 0 Å². The standard InChI is InChI=1S/C18H17N3O2S/c22-24(23,21-12-6-8-15-7-4-5-11-18(15)21)17-13-19-20(14-17)16-9-2-1-3-10-16/h1-5,7,9-11,13-14H,6,8,12H2. The Bertz CT molecular complexity index is 965. The van der Waals surface area contributed by atoms with Gasteiger partial charge in [-0.1, -0.05) is 36.4 Å². The number of nitrogens with zero attached hydrogens (tertiary/aromatic N) is 3. The summed E-state index contributed by atoms with van der Waals surface area (Å²) in [5.41, 5.74) is 2.68. The minimum atomic E-state index is -3.61. The molecule has 0 radical (unpaired) electrons. The summed E-state index contributed by atoms with van der Waals surface area (Å²) in [5.74, 6) is 0. The SMILES string of the molecule is O=S(=O)(c1cnn(-c2ccccc2)c1)N1CCCc2ccccc21. The Labute approximate surface area is 141 Å². The summed E-state index contributed by atoms with van der Waals surface area (Å²) < 4.78 is 29.2. The lowest BCUT2D eigenvalue weighted by Crippen LogP contribution is -2.35. The molecule has 0 saturated carbocycles. The Kier molecular flexibility index (Phi) is 3.61. The number of aromatic nitrogens is 2. The summed E-state index contributed by atoms with van der Waals surface area (Å²) in [7, 11) is -3.61. The number of hydrogen-bond acceptors (Lipinski definition) is 3. The molecule has 2 aromatic carbocycles. The number of benzene rings is 2. The predicted molar refractivity (Wildman–Crippen MR) is 92.9 cm³/mol. The van der Waals surface area contributed by atoms with Crippen LogP contribution in [0.4, 0.5) is 5.69 Å². The van der Waals surface area contributed by atoms with Gasteiger partial charge in [0.05, 0.1) is 23.8 Å². The Morgan fingerprint density at radius 1 is 0.958 bits per heavy atom. The van der Waals surface area contributed by atoms with E-state index in [2.05, 4.69) is 5.10 Å². The van der Waals surface area contributed by atoms with Gasteiger partial charge in [-0.2, -0.15) is 5.10 Å². The zero-order chi connectivity index (χ0) is 16.6. The van der Waals surface area contributed by atoms with Crippen molar-refractivity contribution in [2.45, 2.75) is 17.7 Å². The van der Waals surface area contributed by atoms with E-state index in [0.29, 0.717) is 6.54 Å². The molecule has 0 N–H and O–H groups in total. The summed E-state index contributed by atoms with van der Waals surface area (Å²) >= 11 is 0. The van der Waals surface area contributed by atoms with Gasteiger partial charge in [-0.25, -0.2) is 13.1 Å². The van der Waals surface area contributed by atoms with Gasteiger partial charge in [0.25, 0.3) is 10.0 Å². The second-order valence-corrected chi connectivity index (χ2v) is 7.63. The van der Waals surface area contributed by atoms with Crippen LogP contribution in [0, 0.1) is 0 Å². The fraction of sp³-hybridized carbons (Fsp3) is 0.167. The van der Waals surface area contributed by atoms with E-state index in [-0.39, 0.29) is 4.90 Å². The summed E-state index contributed by atoms with van der Waals surface area (Å²) in [6.45, 7) is 0.496. The first kappa shape index (κ1) is 15.0. The molecule has 1 aromatic heterocycles. The summed E-state index contributed by atoms with van der Waals surface area (Å²) in [4.78, 5) is 0.211. The number of rotatable bonds is 3. The topological polar surface area (TPSA) is 55.2 Å². The van der Waals surface area contributed by atoms with Crippen LogP contribution in [0.25, 0.3) is 5.69 Å². The largest absolute Gasteiger partial charge is 0.267 e. The molecule has 0 atom stereocenters. The summed E-state index contributed by atoms with van der Waals surface area (Å²) in [6.07, 6.45) is 4.72. The van der Waals surface area contributed by atoms with E-state index in [4.69, 9.17) is 0 Å². The van der Waals surface area contributed by atoms with Gasteiger partial charge in [0.2, 0.25) is 0 Å². The molecule has 0 bridgehead atoms. The molecular formula is C18H17N3O2S. The molecule has 122 valence electrons. The molecule has 6 heteroatoms. The molecule has 24 heavy (non-hydrogen) atoms. The first-order valence-electron chi connectivity index (χ1n) is 7.87. The maximum atomic E-state index is 13.1. The monoisotopic (exact) mass is 339 g/mol.